The van der Waals surface area contributed by atoms with Crippen LogP contribution >= 0.6 is 0 Å². The molecule has 0 aromatic carbocycles. The molecule has 1 heterocycles. The molecular weight excluding hydrogens is 284 g/mol. The third kappa shape index (κ3) is 6.10. The largest absolute Gasteiger partial charge is 0.444 e. The number of ether oxygens (including phenoxy) is 2. The van der Waals surface area contributed by atoms with Crippen LogP contribution in [0, 0.1) is 0 Å². The van der Waals surface area contributed by atoms with E-state index < -0.39 is 11.7 Å². The fourth-order valence-corrected chi connectivity index (χ4v) is 2.89. The van der Waals surface area contributed by atoms with E-state index in [9.17, 15) is 9.90 Å². The molecule has 1 aliphatic rings. The molecule has 1 aliphatic heterocycles. The fourth-order valence-electron chi connectivity index (χ4n) is 2.89. The van der Waals surface area contributed by atoms with Crippen LogP contribution in [-0.2, 0) is 9.47 Å². The fraction of sp³-hybridized carbons (Fsp3) is 0.938. The minimum absolute atomic E-state index is 0.0957. The Bertz CT molecular complexity index is 344. The van der Waals surface area contributed by atoms with Gasteiger partial charge < -0.3 is 24.8 Å². The van der Waals surface area contributed by atoms with Gasteiger partial charge in [0.05, 0.1) is 18.8 Å². The summed E-state index contributed by atoms with van der Waals surface area (Å²) < 4.78 is 10.4. The molecule has 1 amide bonds. The zero-order valence-corrected chi connectivity index (χ0v) is 14.6. The van der Waals surface area contributed by atoms with E-state index in [4.69, 9.17) is 9.47 Å². The Kier molecular flexibility index (Phi) is 7.59. The molecule has 6 nitrogen and oxygen atoms in total. The van der Waals surface area contributed by atoms with Crippen LogP contribution in [0.3, 0.4) is 0 Å². The predicted octanol–water partition coefficient (Wildman–Crippen LogP) is 1.76. The van der Waals surface area contributed by atoms with Crippen LogP contribution in [0.2, 0.25) is 0 Å². The maximum Gasteiger partial charge on any atom is 0.410 e. The summed E-state index contributed by atoms with van der Waals surface area (Å²) >= 11 is 0. The molecule has 1 fully saturated rings. The number of nitrogens with one attached hydrogen (secondary N) is 1. The number of hydrogen-bond donors (Lipinski definition) is 2. The minimum Gasteiger partial charge on any atom is -0.444 e. The van der Waals surface area contributed by atoms with Crippen LogP contribution in [0.1, 0.15) is 47.0 Å². The topological polar surface area (TPSA) is 71.0 Å². The molecule has 3 unspecified atom stereocenters. The Morgan fingerprint density at radius 1 is 1.45 bits per heavy atom. The quantitative estimate of drug-likeness (QED) is 0.781. The van der Waals surface area contributed by atoms with Gasteiger partial charge in [0, 0.05) is 26.2 Å². The molecule has 0 aromatic heterocycles. The van der Waals surface area contributed by atoms with Crippen molar-refractivity contribution in [3.8, 4) is 0 Å². The van der Waals surface area contributed by atoms with Gasteiger partial charge in [-0.05, 0) is 40.0 Å². The number of piperidine rings is 1. The average Bonchev–Trinajstić information content (AvgIpc) is 2.43. The zero-order valence-electron chi connectivity index (χ0n) is 14.6. The van der Waals surface area contributed by atoms with E-state index in [2.05, 4.69) is 12.2 Å². The number of aliphatic hydroxyl groups excluding tert-OH is 1. The van der Waals surface area contributed by atoms with E-state index in [1.807, 2.05) is 25.7 Å². The first-order valence-electron chi connectivity index (χ1n) is 8.18. The lowest BCUT2D eigenvalue weighted by molar-refractivity contribution is 0.00191. The van der Waals surface area contributed by atoms with Gasteiger partial charge in [0.25, 0.3) is 0 Å². The molecule has 2 N–H and O–H groups in total. The molecule has 0 bridgehead atoms. The van der Waals surface area contributed by atoms with E-state index in [1.165, 1.54) is 0 Å². The van der Waals surface area contributed by atoms with E-state index in [1.54, 1.807) is 7.11 Å². The normalized spacial score (nSPS) is 24.2. The smallest absolute Gasteiger partial charge is 0.410 e. The van der Waals surface area contributed by atoms with Gasteiger partial charge in [-0.15, -0.1) is 0 Å². The Balaban J connectivity index is 2.62. The maximum atomic E-state index is 12.4. The summed E-state index contributed by atoms with van der Waals surface area (Å²) in [6.07, 6.45) is 2.02. The Hall–Kier alpha value is -0.850. The van der Waals surface area contributed by atoms with Gasteiger partial charge in [0.1, 0.15) is 5.60 Å². The third-order valence-corrected chi connectivity index (χ3v) is 3.80. The molecule has 130 valence electrons. The lowest BCUT2D eigenvalue weighted by atomic mass is 9.94. The van der Waals surface area contributed by atoms with Gasteiger partial charge in [-0.3, -0.25) is 0 Å². The molecule has 0 radical (unpaired) electrons. The van der Waals surface area contributed by atoms with Crippen molar-refractivity contribution >= 4 is 6.09 Å². The van der Waals surface area contributed by atoms with Crippen molar-refractivity contribution in [2.24, 2.45) is 0 Å². The number of hydrogen-bond acceptors (Lipinski definition) is 5. The summed E-state index contributed by atoms with van der Waals surface area (Å²) in [6, 6.07) is 0.274. The van der Waals surface area contributed by atoms with E-state index in [0.717, 1.165) is 25.8 Å². The molecule has 1 rings (SSSR count). The van der Waals surface area contributed by atoms with Crippen LogP contribution in [0.4, 0.5) is 4.79 Å². The minimum atomic E-state index is -0.528. The van der Waals surface area contributed by atoms with Crippen LogP contribution in [0.25, 0.3) is 0 Å². The highest BCUT2D eigenvalue weighted by molar-refractivity contribution is 5.68. The standard InChI is InChI=1S/C16H32N2O4/c1-6-14-13(17-10-12(19)11-21-5)8-7-9-18(14)15(20)22-16(2,3)4/h12-14,17,19H,6-11H2,1-5H3. The first-order chi connectivity index (χ1) is 10.3. The highest BCUT2D eigenvalue weighted by Crippen LogP contribution is 2.23. The van der Waals surface area contributed by atoms with E-state index in [0.29, 0.717) is 13.2 Å². The summed E-state index contributed by atoms with van der Waals surface area (Å²) in [5.41, 5.74) is -0.482. The molecular formula is C16H32N2O4. The van der Waals surface area contributed by atoms with Crippen molar-refractivity contribution < 1.29 is 19.4 Å². The number of rotatable bonds is 6. The van der Waals surface area contributed by atoms with Crippen molar-refractivity contribution in [1.82, 2.24) is 10.2 Å². The second-order valence-electron chi connectivity index (χ2n) is 6.92. The van der Waals surface area contributed by atoms with Crippen LogP contribution < -0.4 is 5.32 Å². The van der Waals surface area contributed by atoms with Gasteiger partial charge >= 0.3 is 6.09 Å². The average molecular weight is 316 g/mol. The van der Waals surface area contributed by atoms with E-state index >= 15 is 0 Å². The number of methoxy groups -OCH3 is 1. The molecule has 0 aliphatic carbocycles. The zero-order chi connectivity index (χ0) is 16.8. The van der Waals surface area contributed by atoms with Crippen molar-refractivity contribution in [2.45, 2.75) is 70.7 Å². The number of aliphatic hydroxyl groups is 1. The lowest BCUT2D eigenvalue weighted by Gasteiger charge is -2.42. The first-order valence-corrected chi connectivity index (χ1v) is 8.18. The van der Waals surface area contributed by atoms with Crippen LogP contribution in [0.15, 0.2) is 0 Å². The van der Waals surface area contributed by atoms with Crippen molar-refractivity contribution in [3.05, 3.63) is 0 Å². The van der Waals surface area contributed by atoms with Gasteiger partial charge in [-0.1, -0.05) is 6.92 Å². The Morgan fingerprint density at radius 3 is 2.68 bits per heavy atom. The second-order valence-corrected chi connectivity index (χ2v) is 6.92. The summed E-state index contributed by atoms with van der Waals surface area (Å²) in [7, 11) is 1.57. The summed E-state index contributed by atoms with van der Waals surface area (Å²) in [6.45, 7) is 9.23. The number of carbonyl (C=O) groups is 1. The van der Waals surface area contributed by atoms with Gasteiger partial charge in [-0.25, -0.2) is 4.79 Å². The monoisotopic (exact) mass is 316 g/mol. The second kappa shape index (κ2) is 8.70. The summed E-state index contributed by atoms with van der Waals surface area (Å²) in [4.78, 5) is 14.2. The summed E-state index contributed by atoms with van der Waals surface area (Å²) in [5, 5.41) is 13.1. The first kappa shape index (κ1) is 19.2. The predicted molar refractivity (Wildman–Crippen MR) is 85.9 cm³/mol. The molecule has 0 saturated carbocycles. The van der Waals surface area contributed by atoms with Crippen LogP contribution in [-0.4, -0.2) is 66.7 Å². The SMILES string of the molecule is CCC1C(NCC(O)COC)CCCN1C(=O)OC(C)(C)C. The van der Waals surface area contributed by atoms with Gasteiger partial charge in [0.15, 0.2) is 0 Å². The Morgan fingerprint density at radius 2 is 2.14 bits per heavy atom. The van der Waals surface area contributed by atoms with Crippen LogP contribution in [0.5, 0.6) is 0 Å². The molecule has 6 heteroatoms. The molecule has 1 saturated heterocycles. The van der Waals surface area contributed by atoms with E-state index in [-0.39, 0.29) is 18.2 Å². The van der Waals surface area contributed by atoms with Gasteiger partial charge in [-0.2, -0.15) is 0 Å². The molecule has 0 aromatic rings. The molecule has 0 spiro atoms. The van der Waals surface area contributed by atoms with Crippen molar-refractivity contribution in [1.29, 1.82) is 0 Å². The van der Waals surface area contributed by atoms with Gasteiger partial charge in [0.2, 0.25) is 0 Å². The lowest BCUT2D eigenvalue weighted by Crippen LogP contribution is -2.57. The maximum absolute atomic E-state index is 12.4. The highest BCUT2D eigenvalue weighted by atomic mass is 16.6. The number of likely N-dealkylation sites (tertiary alicyclic amines) is 1. The number of nitrogens with zero attached hydrogens (tertiary/aromatic N) is 1. The molecule has 22 heavy (non-hydrogen) atoms. The molecule has 3 atom stereocenters. The summed E-state index contributed by atoms with van der Waals surface area (Å²) in [5.74, 6) is 0. The third-order valence-electron chi connectivity index (χ3n) is 3.80. The van der Waals surface area contributed by atoms with Crippen molar-refractivity contribution in [3.63, 3.8) is 0 Å². The van der Waals surface area contributed by atoms with Crippen molar-refractivity contribution in [2.75, 3.05) is 26.8 Å². The highest BCUT2D eigenvalue weighted by Gasteiger charge is 2.35. The Labute approximate surface area is 134 Å². The number of amides is 1. The number of carbonyl (C=O) groups excluding carboxylic acids is 1.